The van der Waals surface area contributed by atoms with E-state index < -0.39 is 5.54 Å². The zero-order chi connectivity index (χ0) is 20.6. The van der Waals surface area contributed by atoms with Crippen LogP contribution in [0.4, 0.5) is 0 Å². The molecule has 0 aliphatic carbocycles. The highest BCUT2D eigenvalue weighted by Crippen LogP contribution is 2.33. The van der Waals surface area contributed by atoms with E-state index >= 15 is 0 Å². The molecule has 0 fully saturated rings. The predicted octanol–water partition coefficient (Wildman–Crippen LogP) is 4.56. The van der Waals surface area contributed by atoms with E-state index in [-0.39, 0.29) is 17.9 Å². The molecule has 0 aromatic heterocycles. The summed E-state index contributed by atoms with van der Waals surface area (Å²) in [7, 11) is 0. The van der Waals surface area contributed by atoms with Gasteiger partial charge in [0, 0.05) is 28.1 Å². The van der Waals surface area contributed by atoms with Crippen LogP contribution in [0, 0.1) is 6.92 Å². The van der Waals surface area contributed by atoms with E-state index in [1.165, 1.54) is 5.01 Å². The fraction of sp³-hybridized carbons (Fsp3) is 0.364. The average molecular weight is 401 g/mol. The minimum Gasteiger partial charge on any atom is -0.490 e. The lowest BCUT2D eigenvalue weighted by Gasteiger charge is -2.35. The summed E-state index contributed by atoms with van der Waals surface area (Å²) in [4.78, 5) is 26.1. The fourth-order valence-electron chi connectivity index (χ4n) is 3.29. The molecule has 1 N–H and O–H groups in total. The molecule has 2 aromatic rings. The van der Waals surface area contributed by atoms with Crippen LogP contribution in [0.15, 0.2) is 36.4 Å². The summed E-state index contributed by atoms with van der Waals surface area (Å²) in [5.41, 5.74) is 5.10. The van der Waals surface area contributed by atoms with Crippen LogP contribution in [0.1, 0.15) is 59.5 Å². The molecule has 28 heavy (non-hydrogen) atoms. The molecule has 2 aromatic carbocycles. The lowest BCUT2D eigenvalue weighted by molar-refractivity contribution is 0.0358. The van der Waals surface area contributed by atoms with Gasteiger partial charge in [0.05, 0.1) is 5.54 Å². The second-order valence-electron chi connectivity index (χ2n) is 8.11. The number of hydrazine groups is 1. The second-order valence-corrected chi connectivity index (χ2v) is 8.54. The molecular weight excluding hydrogens is 376 g/mol. The third kappa shape index (κ3) is 3.99. The molecule has 1 heterocycles. The molecule has 0 spiro atoms. The topological polar surface area (TPSA) is 58.6 Å². The molecule has 0 saturated heterocycles. The van der Waals surface area contributed by atoms with Crippen LogP contribution >= 0.6 is 11.6 Å². The Bertz CT molecular complexity index is 917. The van der Waals surface area contributed by atoms with Gasteiger partial charge >= 0.3 is 0 Å². The SMILES string of the molecule is Cc1c(C(=O)NN(C(=O)c2ccc(Cl)cc2)C(C)(C)C)ccc2c1CC(C)O2. The van der Waals surface area contributed by atoms with Crippen molar-refractivity contribution in [2.24, 2.45) is 0 Å². The number of ether oxygens (including phenoxy) is 1. The van der Waals surface area contributed by atoms with E-state index in [0.717, 1.165) is 23.3 Å². The summed E-state index contributed by atoms with van der Waals surface area (Å²) < 4.78 is 5.76. The Balaban J connectivity index is 1.88. The van der Waals surface area contributed by atoms with E-state index in [0.29, 0.717) is 16.1 Å². The van der Waals surface area contributed by atoms with Gasteiger partial charge in [0.25, 0.3) is 11.8 Å². The van der Waals surface area contributed by atoms with Crippen LogP contribution in [-0.2, 0) is 6.42 Å². The van der Waals surface area contributed by atoms with Gasteiger partial charge in [-0.25, -0.2) is 5.01 Å². The highest BCUT2D eigenvalue weighted by molar-refractivity contribution is 6.30. The Labute approximate surface area is 170 Å². The largest absolute Gasteiger partial charge is 0.490 e. The quantitative estimate of drug-likeness (QED) is 0.752. The highest BCUT2D eigenvalue weighted by Gasteiger charge is 2.31. The van der Waals surface area contributed by atoms with E-state index in [4.69, 9.17) is 16.3 Å². The molecule has 1 atom stereocenters. The molecule has 0 bridgehead atoms. The van der Waals surface area contributed by atoms with Crippen LogP contribution in [0.5, 0.6) is 5.75 Å². The first-order valence-electron chi connectivity index (χ1n) is 9.28. The van der Waals surface area contributed by atoms with Crippen molar-refractivity contribution >= 4 is 23.4 Å². The van der Waals surface area contributed by atoms with Gasteiger partial charge in [0.2, 0.25) is 0 Å². The monoisotopic (exact) mass is 400 g/mol. The molecule has 3 rings (SSSR count). The minimum absolute atomic E-state index is 0.101. The van der Waals surface area contributed by atoms with Gasteiger partial charge in [-0.3, -0.25) is 15.0 Å². The van der Waals surface area contributed by atoms with E-state index in [1.807, 2.05) is 40.7 Å². The van der Waals surface area contributed by atoms with Gasteiger partial charge in [-0.05, 0) is 76.6 Å². The van der Waals surface area contributed by atoms with Crippen molar-refractivity contribution < 1.29 is 14.3 Å². The first kappa shape index (κ1) is 20.2. The number of carbonyl (C=O) groups is 2. The number of benzene rings is 2. The third-order valence-electron chi connectivity index (χ3n) is 4.80. The lowest BCUT2D eigenvalue weighted by atomic mass is 9.98. The smallest absolute Gasteiger partial charge is 0.272 e. The van der Waals surface area contributed by atoms with Crippen molar-refractivity contribution in [2.75, 3.05) is 0 Å². The zero-order valence-corrected chi connectivity index (χ0v) is 17.6. The van der Waals surface area contributed by atoms with Crippen LogP contribution in [-0.4, -0.2) is 28.5 Å². The van der Waals surface area contributed by atoms with E-state index in [2.05, 4.69) is 5.43 Å². The Morgan fingerprint density at radius 2 is 1.79 bits per heavy atom. The molecule has 148 valence electrons. The number of hydrogen-bond donors (Lipinski definition) is 1. The van der Waals surface area contributed by atoms with Crippen molar-refractivity contribution in [1.29, 1.82) is 0 Å². The molecule has 1 aliphatic heterocycles. The first-order valence-corrected chi connectivity index (χ1v) is 9.66. The standard InChI is InChI=1S/C22H25ClN2O3/c1-13-12-18-14(2)17(10-11-19(18)28-13)20(26)24-25(22(3,4)5)21(27)15-6-8-16(23)9-7-15/h6-11,13H,12H2,1-5H3,(H,24,26). The molecule has 0 radical (unpaired) electrons. The summed E-state index contributed by atoms with van der Waals surface area (Å²) in [5.74, 6) is 0.205. The molecule has 1 aliphatic rings. The lowest BCUT2D eigenvalue weighted by Crippen LogP contribution is -2.56. The van der Waals surface area contributed by atoms with E-state index in [1.54, 1.807) is 30.3 Å². The number of nitrogens with one attached hydrogen (secondary N) is 1. The van der Waals surface area contributed by atoms with Crippen LogP contribution < -0.4 is 10.2 Å². The Morgan fingerprint density at radius 3 is 2.39 bits per heavy atom. The summed E-state index contributed by atoms with van der Waals surface area (Å²) in [6.07, 6.45) is 0.874. The van der Waals surface area contributed by atoms with Gasteiger partial charge in [0.15, 0.2) is 0 Å². The maximum atomic E-state index is 13.0. The highest BCUT2D eigenvalue weighted by atomic mass is 35.5. The summed E-state index contributed by atoms with van der Waals surface area (Å²) >= 11 is 5.92. The Kier molecular flexibility index (Phi) is 5.39. The molecule has 1 unspecified atom stereocenters. The van der Waals surface area contributed by atoms with Gasteiger partial charge in [-0.2, -0.15) is 0 Å². The third-order valence-corrected chi connectivity index (χ3v) is 5.05. The molecule has 0 saturated carbocycles. The Morgan fingerprint density at radius 1 is 1.14 bits per heavy atom. The average Bonchev–Trinajstić information content (AvgIpc) is 3.00. The maximum absolute atomic E-state index is 13.0. The van der Waals surface area contributed by atoms with Crippen molar-refractivity contribution in [3.8, 4) is 5.75 Å². The number of halogens is 1. The van der Waals surface area contributed by atoms with Crippen molar-refractivity contribution in [1.82, 2.24) is 10.4 Å². The normalized spacial score (nSPS) is 15.6. The van der Waals surface area contributed by atoms with Gasteiger partial charge in [-0.15, -0.1) is 0 Å². The number of rotatable bonds is 2. The number of amides is 2. The van der Waals surface area contributed by atoms with Crippen molar-refractivity contribution in [3.05, 3.63) is 63.7 Å². The fourth-order valence-corrected chi connectivity index (χ4v) is 3.42. The van der Waals surface area contributed by atoms with Crippen LogP contribution in [0.2, 0.25) is 5.02 Å². The van der Waals surface area contributed by atoms with Gasteiger partial charge in [0.1, 0.15) is 11.9 Å². The van der Waals surface area contributed by atoms with E-state index in [9.17, 15) is 9.59 Å². The second kappa shape index (κ2) is 7.47. The molecule has 5 nitrogen and oxygen atoms in total. The molecular formula is C22H25ClN2O3. The van der Waals surface area contributed by atoms with Crippen LogP contribution in [0.3, 0.4) is 0 Å². The summed E-state index contributed by atoms with van der Waals surface area (Å²) in [6.45, 7) is 9.52. The molecule has 2 amide bonds. The summed E-state index contributed by atoms with van der Waals surface area (Å²) in [5, 5.41) is 1.91. The zero-order valence-electron chi connectivity index (χ0n) is 16.8. The predicted molar refractivity (Wildman–Crippen MR) is 110 cm³/mol. The van der Waals surface area contributed by atoms with Crippen LogP contribution in [0.25, 0.3) is 0 Å². The first-order chi connectivity index (χ1) is 13.1. The number of nitrogens with zero attached hydrogens (tertiary/aromatic N) is 1. The van der Waals surface area contributed by atoms with Crippen molar-refractivity contribution in [2.45, 2.75) is 52.7 Å². The van der Waals surface area contributed by atoms with Gasteiger partial charge in [-0.1, -0.05) is 11.6 Å². The number of fused-ring (bicyclic) bond motifs is 1. The summed E-state index contributed by atoms with van der Waals surface area (Å²) in [6, 6.07) is 10.2. The number of hydrogen-bond acceptors (Lipinski definition) is 3. The number of carbonyl (C=O) groups excluding carboxylic acids is 2. The Hall–Kier alpha value is -2.53. The van der Waals surface area contributed by atoms with Crippen molar-refractivity contribution in [3.63, 3.8) is 0 Å². The van der Waals surface area contributed by atoms with Gasteiger partial charge < -0.3 is 4.74 Å². The maximum Gasteiger partial charge on any atom is 0.272 e. The minimum atomic E-state index is -0.616. The molecule has 6 heteroatoms.